The number of nitrogens with zero attached hydrogens (tertiary/aromatic N) is 2. The van der Waals surface area contributed by atoms with Gasteiger partial charge in [-0.25, -0.2) is 0 Å². The lowest BCUT2D eigenvalue weighted by Gasteiger charge is -2.56. The minimum absolute atomic E-state index is 0.00665. The van der Waals surface area contributed by atoms with Crippen molar-refractivity contribution in [2.45, 2.75) is 27.7 Å². The Balaban J connectivity index is 0.903. The van der Waals surface area contributed by atoms with Gasteiger partial charge in [0.25, 0.3) is 6.71 Å². The highest BCUT2D eigenvalue weighted by atomic mass is 15.2. The molecule has 10 aliphatic rings. The summed E-state index contributed by atoms with van der Waals surface area (Å²) in [6, 6.07) is 98.0. The Morgan fingerprint density at radius 2 is 0.441 bits per heavy atom. The number of benzene rings is 13. The first-order chi connectivity index (χ1) is 45.9. The van der Waals surface area contributed by atoms with Gasteiger partial charge in [0.05, 0.1) is 0 Å². The Kier molecular flexibility index (Phi) is 9.26. The van der Waals surface area contributed by atoms with Gasteiger partial charge in [-0.05, 0) is 177 Å². The molecule has 8 aliphatic heterocycles. The Bertz CT molecular complexity index is 5400. The van der Waals surface area contributed by atoms with E-state index in [0.717, 1.165) is 0 Å². The fourth-order valence-electron chi connectivity index (χ4n) is 20.8. The fourth-order valence-corrected chi connectivity index (χ4v) is 20.8. The minimum atomic E-state index is -0.0704. The molecular weight excluding hydrogens is 1120 g/mol. The molecule has 0 aromatic heterocycles. The standard InChI is InChI=1S/C86H53B5N2/c1-46-21-17-22-47(2)76(46)89-64-37-19-39-66-81(64)92-83-68(89)43-41-60-74(72-54-29-9-5-25-50(54)51-26-6-10-30-55(51)72)58-33-13-15-35-62(58)87(78(60)83)70-45-71-86-80(85(70)92)91(66)67-40-20-38-65-82(67)93(86)84-69(90(65)77-48(3)23-18-24-49(77)4)44-42-61-75(59-34-14-16-36-63(59)88(71)79(61)84)73-56-31-11-7-27-52(56)53-28-8-12-32-57(53)73/h5-45H,1-4H3. The Hall–Kier alpha value is -10.7. The van der Waals surface area contributed by atoms with E-state index >= 15 is 0 Å². The predicted molar refractivity (Wildman–Crippen MR) is 398 cm³/mol. The van der Waals surface area contributed by atoms with Crippen molar-refractivity contribution in [3.05, 3.63) is 315 Å². The normalized spacial score (nSPS) is 15.1. The summed E-state index contributed by atoms with van der Waals surface area (Å²) >= 11 is 0. The third-order valence-corrected chi connectivity index (χ3v) is 23.9. The first kappa shape index (κ1) is 50.0. The largest absolute Gasteiger partial charge is 0.313 e. The Morgan fingerprint density at radius 1 is 0.183 bits per heavy atom. The molecular formula is C86H53B5N2. The molecule has 0 amide bonds. The smallest absolute Gasteiger partial charge is 0.252 e. The van der Waals surface area contributed by atoms with E-state index in [1.165, 1.54) is 227 Å². The monoisotopic (exact) mass is 1170 g/mol. The van der Waals surface area contributed by atoms with Crippen molar-refractivity contribution in [3.63, 3.8) is 0 Å². The van der Waals surface area contributed by atoms with Gasteiger partial charge in [-0.1, -0.05) is 293 Å². The number of fused-ring (bicyclic) bond motifs is 14. The zero-order chi connectivity index (χ0) is 60.7. The molecule has 2 nitrogen and oxygen atoms in total. The predicted octanol–water partition coefficient (Wildman–Crippen LogP) is 8.92. The van der Waals surface area contributed by atoms with Gasteiger partial charge in [0.2, 0.25) is 26.9 Å². The number of hydrogen-bond donors (Lipinski definition) is 0. The topological polar surface area (TPSA) is 6.48 Å². The first-order valence-corrected chi connectivity index (χ1v) is 33.5. The Labute approximate surface area is 543 Å². The average Bonchev–Trinajstić information content (AvgIpc) is 1.00. The second kappa shape index (κ2) is 17.2. The molecule has 0 radical (unpaired) electrons. The molecule has 0 saturated carbocycles. The van der Waals surface area contributed by atoms with E-state index in [2.05, 4.69) is 286 Å². The van der Waals surface area contributed by atoms with Crippen molar-refractivity contribution in [3.8, 4) is 22.3 Å². The molecule has 7 heteroatoms. The van der Waals surface area contributed by atoms with Gasteiger partial charge in [0, 0.05) is 34.1 Å². The maximum atomic E-state index is 2.88. The van der Waals surface area contributed by atoms with Gasteiger partial charge < -0.3 is 9.80 Å². The van der Waals surface area contributed by atoms with E-state index in [9.17, 15) is 0 Å². The van der Waals surface area contributed by atoms with E-state index in [-0.39, 0.29) is 33.6 Å². The van der Waals surface area contributed by atoms with Crippen molar-refractivity contribution in [1.29, 1.82) is 0 Å². The lowest BCUT2D eigenvalue weighted by Crippen LogP contribution is -2.77. The molecule has 13 aromatic rings. The molecule has 0 unspecified atom stereocenters. The molecule has 8 heterocycles. The summed E-state index contributed by atoms with van der Waals surface area (Å²) < 4.78 is 0. The highest BCUT2D eigenvalue weighted by Crippen LogP contribution is 2.54. The number of rotatable bonds is 2. The molecule has 0 bridgehead atoms. The zero-order valence-electron chi connectivity index (χ0n) is 52.0. The minimum Gasteiger partial charge on any atom is -0.313 e. The zero-order valence-corrected chi connectivity index (χ0v) is 52.0. The van der Waals surface area contributed by atoms with Crippen LogP contribution in [0.25, 0.3) is 44.5 Å². The van der Waals surface area contributed by atoms with Crippen molar-refractivity contribution in [2.24, 2.45) is 0 Å². The van der Waals surface area contributed by atoms with Crippen LogP contribution in [0.3, 0.4) is 0 Å². The van der Waals surface area contributed by atoms with E-state index in [1.54, 1.807) is 0 Å². The lowest BCUT2D eigenvalue weighted by atomic mass is 9.21. The van der Waals surface area contributed by atoms with Crippen LogP contribution in [0.5, 0.6) is 0 Å². The van der Waals surface area contributed by atoms with Crippen LogP contribution >= 0.6 is 0 Å². The van der Waals surface area contributed by atoms with Crippen molar-refractivity contribution in [1.82, 2.24) is 0 Å². The maximum absolute atomic E-state index is 2.88. The maximum Gasteiger partial charge on any atom is 0.252 e. The second-order valence-corrected chi connectivity index (χ2v) is 28.0. The van der Waals surface area contributed by atoms with Crippen LogP contribution < -0.4 is 91.7 Å². The third kappa shape index (κ3) is 5.78. The van der Waals surface area contributed by atoms with Gasteiger partial charge in [-0.3, -0.25) is 0 Å². The van der Waals surface area contributed by atoms with E-state index in [4.69, 9.17) is 0 Å². The summed E-state index contributed by atoms with van der Waals surface area (Å²) in [5.41, 5.74) is 56.0. The third-order valence-electron chi connectivity index (χ3n) is 23.9. The van der Waals surface area contributed by atoms with Gasteiger partial charge in [0.15, 0.2) is 0 Å². The number of aryl methyl sites for hydroxylation is 4. The van der Waals surface area contributed by atoms with Crippen molar-refractivity contribution in [2.75, 3.05) is 9.80 Å². The number of anilines is 6. The lowest BCUT2D eigenvalue weighted by molar-refractivity contribution is 1.27. The van der Waals surface area contributed by atoms with Gasteiger partial charge in [0.1, 0.15) is 0 Å². The molecule has 23 rings (SSSR count). The van der Waals surface area contributed by atoms with Crippen LogP contribution in [-0.2, 0) is 0 Å². The van der Waals surface area contributed by atoms with Crippen LogP contribution in [0.2, 0.25) is 0 Å². The Morgan fingerprint density at radius 3 is 0.806 bits per heavy atom. The summed E-state index contributed by atoms with van der Waals surface area (Å²) in [6.45, 7) is 9.25. The summed E-state index contributed by atoms with van der Waals surface area (Å²) in [7, 11) is 0. The van der Waals surface area contributed by atoms with Crippen molar-refractivity contribution < 1.29 is 0 Å². The van der Waals surface area contributed by atoms with Crippen LogP contribution in [0.1, 0.15) is 66.8 Å². The van der Waals surface area contributed by atoms with E-state index < -0.39 is 0 Å². The highest BCUT2D eigenvalue weighted by molar-refractivity contribution is 7.11. The molecule has 2 aliphatic carbocycles. The summed E-state index contributed by atoms with van der Waals surface area (Å²) in [5, 5.41) is 0. The van der Waals surface area contributed by atoms with E-state index in [0.29, 0.717) is 0 Å². The molecule has 0 atom stereocenters. The van der Waals surface area contributed by atoms with Gasteiger partial charge >= 0.3 is 0 Å². The highest BCUT2D eigenvalue weighted by Gasteiger charge is 2.59. The molecule has 422 valence electrons. The number of hydrogen-bond acceptors (Lipinski definition) is 2. The second-order valence-electron chi connectivity index (χ2n) is 28.0. The molecule has 0 N–H and O–H groups in total. The van der Waals surface area contributed by atoms with Crippen LogP contribution in [0.4, 0.5) is 34.1 Å². The van der Waals surface area contributed by atoms with Crippen LogP contribution in [-0.4, -0.2) is 33.6 Å². The summed E-state index contributed by atoms with van der Waals surface area (Å²) in [4.78, 5) is 5.76. The summed E-state index contributed by atoms with van der Waals surface area (Å²) in [5.74, 6) is 0. The quantitative estimate of drug-likeness (QED) is 0.160. The fraction of sp³-hybridized carbons (Fsp3) is 0.0465. The van der Waals surface area contributed by atoms with Crippen LogP contribution in [0.15, 0.2) is 249 Å². The molecule has 0 fully saturated rings. The SMILES string of the molecule is Cc1cccc(C)c1B1c2cccc3c2N2c4c1ccc1c4B(c4ccccc4C1=C1c4ccccc4-c4ccccc41)c1cc4c5c(c12)B3c1cccc2c1N5c1c(ccc3c1B4c1ccccc1C3=C1c3ccccc3-c3ccccc31)B2c1c(C)cccc1C. The van der Waals surface area contributed by atoms with E-state index in [1.807, 2.05) is 0 Å². The molecule has 93 heavy (non-hydrogen) atoms. The molecule has 0 spiro atoms. The average molecular weight is 1170 g/mol. The first-order valence-electron chi connectivity index (χ1n) is 33.5. The summed E-state index contributed by atoms with van der Waals surface area (Å²) in [6.07, 6.45) is 0. The van der Waals surface area contributed by atoms with Gasteiger partial charge in [-0.15, -0.1) is 0 Å². The van der Waals surface area contributed by atoms with Crippen molar-refractivity contribution >= 4 is 172 Å². The van der Waals surface area contributed by atoms with Gasteiger partial charge in [-0.2, -0.15) is 0 Å². The molecule has 13 aromatic carbocycles. The molecule has 0 saturated heterocycles. The van der Waals surface area contributed by atoms with Crippen LogP contribution in [0, 0.1) is 27.7 Å². The number of para-hydroxylation sites is 2.